The molecule has 0 radical (unpaired) electrons. The molecule has 2 rings (SSSR count). The molecule has 6 heteroatoms. The number of nitrogens with two attached hydrogens (primary N) is 1. The summed E-state index contributed by atoms with van der Waals surface area (Å²) in [4.78, 5) is 26.3. The smallest absolute Gasteiger partial charge is 0.236 e. The third-order valence-corrected chi connectivity index (χ3v) is 3.23. The lowest BCUT2D eigenvalue weighted by Crippen LogP contribution is -2.35. The van der Waals surface area contributed by atoms with Gasteiger partial charge in [0.1, 0.15) is 5.82 Å². The summed E-state index contributed by atoms with van der Waals surface area (Å²) < 4.78 is 0. The number of anilines is 1. The Morgan fingerprint density at radius 2 is 2.00 bits per heavy atom. The van der Waals surface area contributed by atoms with Crippen molar-refractivity contribution in [2.45, 2.75) is 26.7 Å². The molecule has 2 N–H and O–H groups in total. The van der Waals surface area contributed by atoms with Crippen LogP contribution in [0, 0.1) is 6.92 Å². The van der Waals surface area contributed by atoms with Crippen molar-refractivity contribution in [3.05, 3.63) is 36.3 Å². The lowest BCUT2D eigenvalue weighted by atomic mass is 10.2. The number of carbonyl (C=O) groups excluding carboxylic acids is 1. The fraction of sp³-hybridized carbons (Fsp3) is 0.375. The summed E-state index contributed by atoms with van der Waals surface area (Å²) in [6.45, 7) is 4.92. The number of rotatable bonds is 7. The Balaban J connectivity index is 2.35. The largest absolute Gasteiger partial charge is 0.368 e. The van der Waals surface area contributed by atoms with Crippen LogP contribution < -0.4 is 10.6 Å². The zero-order valence-electron chi connectivity index (χ0n) is 13.0. The van der Waals surface area contributed by atoms with Crippen LogP contribution in [0.15, 0.2) is 30.6 Å². The van der Waals surface area contributed by atoms with Crippen LogP contribution in [0.25, 0.3) is 11.4 Å². The third-order valence-electron chi connectivity index (χ3n) is 3.23. The number of primary amides is 1. The Hall–Kier alpha value is -2.50. The Bertz CT molecular complexity index is 630. The molecule has 2 aromatic rings. The second kappa shape index (κ2) is 7.49. The highest BCUT2D eigenvalue weighted by molar-refractivity contribution is 5.79. The van der Waals surface area contributed by atoms with E-state index in [0.717, 1.165) is 36.5 Å². The fourth-order valence-corrected chi connectivity index (χ4v) is 2.16. The van der Waals surface area contributed by atoms with Crippen LogP contribution in [0.5, 0.6) is 0 Å². The van der Waals surface area contributed by atoms with E-state index in [2.05, 4.69) is 21.9 Å². The molecule has 2 heterocycles. The summed E-state index contributed by atoms with van der Waals surface area (Å²) in [6, 6.07) is 5.61. The highest BCUT2D eigenvalue weighted by Gasteiger charge is 2.13. The van der Waals surface area contributed by atoms with Crippen LogP contribution in [0.2, 0.25) is 0 Å². The van der Waals surface area contributed by atoms with E-state index in [1.165, 1.54) is 0 Å². The molecule has 0 spiro atoms. The molecule has 6 nitrogen and oxygen atoms in total. The number of hydrogen-bond acceptors (Lipinski definition) is 5. The van der Waals surface area contributed by atoms with E-state index >= 15 is 0 Å². The first-order valence-electron chi connectivity index (χ1n) is 7.39. The molecular formula is C16H21N5O. The molecule has 0 saturated heterocycles. The first kappa shape index (κ1) is 15.9. The molecule has 0 aliphatic heterocycles. The molecule has 0 aromatic carbocycles. The molecule has 1 amide bonds. The van der Waals surface area contributed by atoms with Gasteiger partial charge in [-0.25, -0.2) is 9.97 Å². The number of amides is 1. The minimum Gasteiger partial charge on any atom is -0.368 e. The van der Waals surface area contributed by atoms with Crippen molar-refractivity contribution in [3.8, 4) is 11.4 Å². The van der Waals surface area contributed by atoms with Crippen molar-refractivity contribution in [2.75, 3.05) is 18.0 Å². The SMILES string of the molecule is CCCCN(CC(N)=O)c1cc(C)nc(-c2ccncc2)n1. The molecule has 0 atom stereocenters. The molecular weight excluding hydrogens is 278 g/mol. The quantitative estimate of drug-likeness (QED) is 0.844. The van der Waals surface area contributed by atoms with Crippen molar-refractivity contribution in [1.82, 2.24) is 15.0 Å². The van der Waals surface area contributed by atoms with Gasteiger partial charge < -0.3 is 10.6 Å². The van der Waals surface area contributed by atoms with Gasteiger partial charge in [0.25, 0.3) is 0 Å². The highest BCUT2D eigenvalue weighted by Crippen LogP contribution is 2.19. The molecule has 116 valence electrons. The Labute approximate surface area is 130 Å². The molecule has 0 bridgehead atoms. The number of nitrogens with zero attached hydrogens (tertiary/aromatic N) is 4. The van der Waals surface area contributed by atoms with Crippen LogP contribution in [-0.4, -0.2) is 33.9 Å². The van der Waals surface area contributed by atoms with Gasteiger partial charge in [-0.05, 0) is 25.5 Å². The number of carbonyl (C=O) groups is 1. The molecule has 0 fully saturated rings. The van der Waals surface area contributed by atoms with Gasteiger partial charge in [-0.15, -0.1) is 0 Å². The normalized spacial score (nSPS) is 10.5. The topological polar surface area (TPSA) is 85.0 Å². The van der Waals surface area contributed by atoms with Crippen molar-refractivity contribution in [2.24, 2.45) is 5.73 Å². The van der Waals surface area contributed by atoms with E-state index in [1.54, 1.807) is 12.4 Å². The van der Waals surface area contributed by atoms with E-state index < -0.39 is 0 Å². The zero-order chi connectivity index (χ0) is 15.9. The average Bonchev–Trinajstić information content (AvgIpc) is 2.51. The predicted octanol–water partition coefficient (Wildman–Crippen LogP) is 1.94. The maximum Gasteiger partial charge on any atom is 0.236 e. The minimum absolute atomic E-state index is 0.159. The van der Waals surface area contributed by atoms with Crippen molar-refractivity contribution < 1.29 is 4.79 Å². The van der Waals surface area contributed by atoms with Crippen molar-refractivity contribution in [3.63, 3.8) is 0 Å². The number of pyridine rings is 1. The number of aryl methyl sites for hydroxylation is 1. The van der Waals surface area contributed by atoms with E-state index in [9.17, 15) is 4.79 Å². The van der Waals surface area contributed by atoms with Crippen LogP contribution in [-0.2, 0) is 4.79 Å². The highest BCUT2D eigenvalue weighted by atomic mass is 16.1. The van der Waals surface area contributed by atoms with Gasteiger partial charge in [0, 0.05) is 36.3 Å². The summed E-state index contributed by atoms with van der Waals surface area (Å²) in [7, 11) is 0. The Morgan fingerprint density at radius 1 is 1.27 bits per heavy atom. The second-order valence-corrected chi connectivity index (χ2v) is 5.17. The average molecular weight is 299 g/mol. The standard InChI is InChI=1S/C16H21N5O/c1-3-4-9-21(11-14(17)22)15-10-12(2)19-16(20-15)13-5-7-18-8-6-13/h5-8,10H,3-4,9,11H2,1-2H3,(H2,17,22). The maximum atomic E-state index is 11.3. The first-order chi connectivity index (χ1) is 10.6. The van der Waals surface area contributed by atoms with Gasteiger partial charge >= 0.3 is 0 Å². The summed E-state index contributed by atoms with van der Waals surface area (Å²) in [6.07, 6.45) is 5.43. The zero-order valence-corrected chi connectivity index (χ0v) is 13.0. The van der Waals surface area contributed by atoms with Gasteiger partial charge in [-0.2, -0.15) is 0 Å². The van der Waals surface area contributed by atoms with Crippen LogP contribution in [0.4, 0.5) is 5.82 Å². The van der Waals surface area contributed by atoms with Crippen LogP contribution >= 0.6 is 0 Å². The van der Waals surface area contributed by atoms with E-state index in [1.807, 2.05) is 30.0 Å². The van der Waals surface area contributed by atoms with Gasteiger partial charge in [0.2, 0.25) is 5.91 Å². The molecule has 2 aromatic heterocycles. The maximum absolute atomic E-state index is 11.3. The Kier molecular flexibility index (Phi) is 5.41. The van der Waals surface area contributed by atoms with E-state index in [4.69, 9.17) is 5.73 Å². The van der Waals surface area contributed by atoms with Crippen LogP contribution in [0.3, 0.4) is 0 Å². The van der Waals surface area contributed by atoms with Gasteiger partial charge in [-0.1, -0.05) is 13.3 Å². The number of unbranched alkanes of at least 4 members (excludes halogenated alkanes) is 1. The molecule has 0 saturated carbocycles. The number of aromatic nitrogens is 3. The van der Waals surface area contributed by atoms with Gasteiger partial charge in [0.15, 0.2) is 5.82 Å². The second-order valence-electron chi connectivity index (χ2n) is 5.17. The summed E-state index contributed by atoms with van der Waals surface area (Å²) in [5, 5.41) is 0. The number of hydrogen-bond donors (Lipinski definition) is 1. The lowest BCUT2D eigenvalue weighted by molar-refractivity contribution is -0.116. The summed E-state index contributed by atoms with van der Waals surface area (Å²) >= 11 is 0. The fourth-order valence-electron chi connectivity index (χ4n) is 2.16. The summed E-state index contributed by atoms with van der Waals surface area (Å²) in [5.41, 5.74) is 7.10. The molecule has 0 unspecified atom stereocenters. The van der Waals surface area contributed by atoms with Crippen LogP contribution in [0.1, 0.15) is 25.5 Å². The van der Waals surface area contributed by atoms with Gasteiger partial charge in [0.05, 0.1) is 6.54 Å². The summed E-state index contributed by atoms with van der Waals surface area (Å²) in [5.74, 6) is 0.993. The monoisotopic (exact) mass is 299 g/mol. The molecule has 0 aliphatic carbocycles. The minimum atomic E-state index is -0.363. The van der Waals surface area contributed by atoms with Crippen molar-refractivity contribution in [1.29, 1.82) is 0 Å². The first-order valence-corrected chi connectivity index (χ1v) is 7.39. The Morgan fingerprint density at radius 3 is 2.64 bits per heavy atom. The predicted molar refractivity (Wildman–Crippen MR) is 86.3 cm³/mol. The third kappa shape index (κ3) is 4.25. The van der Waals surface area contributed by atoms with E-state index in [-0.39, 0.29) is 12.5 Å². The van der Waals surface area contributed by atoms with E-state index in [0.29, 0.717) is 5.82 Å². The van der Waals surface area contributed by atoms with Crippen molar-refractivity contribution >= 4 is 11.7 Å². The lowest BCUT2D eigenvalue weighted by Gasteiger charge is -2.22. The molecule has 22 heavy (non-hydrogen) atoms. The molecule has 0 aliphatic rings. The van der Waals surface area contributed by atoms with Gasteiger partial charge in [-0.3, -0.25) is 9.78 Å².